The molecule has 1 N–H and O–H groups in total. The number of urea groups is 1. The molecule has 3 rings (SSSR count). The van der Waals surface area contributed by atoms with Crippen molar-refractivity contribution in [2.24, 2.45) is 5.92 Å². The molecule has 1 aromatic rings. The van der Waals surface area contributed by atoms with E-state index in [1.807, 2.05) is 6.92 Å². The van der Waals surface area contributed by atoms with Crippen LogP contribution in [0.1, 0.15) is 19.8 Å². The second kappa shape index (κ2) is 5.20. The van der Waals surface area contributed by atoms with Crippen LogP contribution in [0.4, 0.5) is 16.2 Å². The van der Waals surface area contributed by atoms with Gasteiger partial charge in [-0.1, -0.05) is 6.92 Å². The standard InChI is InChI=1S/C15H17N3O3/c1-10-8-13(19)18(14(20)9-10)12-4-2-11(3-5-12)17-7-6-16-15(17)21/h2-5,10H,6-9H2,1H3,(H,16,21). The molecule has 2 saturated heterocycles. The lowest BCUT2D eigenvalue weighted by Gasteiger charge is -2.28. The van der Waals surface area contributed by atoms with E-state index in [-0.39, 0.29) is 23.8 Å². The molecular formula is C15H17N3O3. The molecule has 0 aromatic heterocycles. The number of benzene rings is 1. The predicted molar refractivity (Wildman–Crippen MR) is 78.1 cm³/mol. The van der Waals surface area contributed by atoms with Gasteiger partial charge in [0.05, 0.1) is 5.69 Å². The number of hydrogen-bond acceptors (Lipinski definition) is 3. The van der Waals surface area contributed by atoms with E-state index in [2.05, 4.69) is 5.32 Å². The van der Waals surface area contributed by atoms with Crippen molar-refractivity contribution < 1.29 is 14.4 Å². The minimum Gasteiger partial charge on any atom is -0.336 e. The van der Waals surface area contributed by atoms with Crippen molar-refractivity contribution in [1.29, 1.82) is 0 Å². The van der Waals surface area contributed by atoms with Gasteiger partial charge in [0, 0.05) is 31.6 Å². The van der Waals surface area contributed by atoms with Crippen molar-refractivity contribution >= 4 is 29.2 Å². The second-order valence-electron chi connectivity index (χ2n) is 5.54. The maximum absolute atomic E-state index is 12.0. The summed E-state index contributed by atoms with van der Waals surface area (Å²) in [6.07, 6.45) is 0.782. The first-order chi connectivity index (χ1) is 10.1. The number of nitrogens with zero attached hydrogens (tertiary/aromatic N) is 2. The van der Waals surface area contributed by atoms with E-state index in [9.17, 15) is 14.4 Å². The SMILES string of the molecule is CC1CC(=O)N(c2ccc(N3CCNC3=O)cc2)C(=O)C1. The third-order valence-electron chi connectivity index (χ3n) is 3.82. The second-order valence-corrected chi connectivity index (χ2v) is 5.54. The van der Waals surface area contributed by atoms with Crippen molar-refractivity contribution in [3.05, 3.63) is 24.3 Å². The summed E-state index contributed by atoms with van der Waals surface area (Å²) in [4.78, 5) is 38.6. The molecule has 0 bridgehead atoms. The topological polar surface area (TPSA) is 69.7 Å². The number of rotatable bonds is 2. The first-order valence-corrected chi connectivity index (χ1v) is 7.07. The van der Waals surface area contributed by atoms with Gasteiger partial charge >= 0.3 is 6.03 Å². The first kappa shape index (κ1) is 13.6. The van der Waals surface area contributed by atoms with E-state index < -0.39 is 0 Å². The molecule has 0 saturated carbocycles. The van der Waals surface area contributed by atoms with Gasteiger partial charge in [-0.05, 0) is 30.2 Å². The molecule has 2 heterocycles. The van der Waals surface area contributed by atoms with Crippen LogP contribution in [0.3, 0.4) is 0 Å². The molecule has 2 aliphatic rings. The Hall–Kier alpha value is -2.37. The van der Waals surface area contributed by atoms with Gasteiger partial charge in [-0.2, -0.15) is 0 Å². The van der Waals surface area contributed by atoms with Gasteiger partial charge < -0.3 is 5.32 Å². The molecule has 0 aliphatic carbocycles. The summed E-state index contributed by atoms with van der Waals surface area (Å²) < 4.78 is 0. The molecule has 0 unspecified atom stereocenters. The van der Waals surface area contributed by atoms with Crippen LogP contribution in [0, 0.1) is 5.92 Å². The summed E-state index contributed by atoms with van der Waals surface area (Å²) >= 11 is 0. The zero-order valence-corrected chi connectivity index (χ0v) is 11.8. The van der Waals surface area contributed by atoms with Crippen LogP contribution in [-0.2, 0) is 9.59 Å². The summed E-state index contributed by atoms with van der Waals surface area (Å²) in [5, 5.41) is 2.73. The maximum Gasteiger partial charge on any atom is 0.321 e. The Bertz CT molecular complexity index is 579. The van der Waals surface area contributed by atoms with Gasteiger partial charge in [-0.25, -0.2) is 4.79 Å². The van der Waals surface area contributed by atoms with Crippen LogP contribution in [0.2, 0.25) is 0 Å². The van der Waals surface area contributed by atoms with Gasteiger partial charge in [-0.15, -0.1) is 0 Å². The Morgan fingerprint density at radius 2 is 1.57 bits per heavy atom. The molecule has 0 atom stereocenters. The molecule has 2 fully saturated rings. The normalized spacial score (nSPS) is 20.1. The lowest BCUT2D eigenvalue weighted by atomic mass is 9.97. The van der Waals surface area contributed by atoms with Crippen LogP contribution >= 0.6 is 0 Å². The van der Waals surface area contributed by atoms with E-state index in [0.717, 1.165) is 5.69 Å². The molecule has 0 radical (unpaired) electrons. The Labute approximate surface area is 122 Å². The smallest absolute Gasteiger partial charge is 0.321 e. The Morgan fingerprint density at radius 1 is 1.00 bits per heavy atom. The van der Waals surface area contributed by atoms with E-state index in [0.29, 0.717) is 31.6 Å². The fourth-order valence-corrected chi connectivity index (χ4v) is 2.78. The summed E-state index contributed by atoms with van der Waals surface area (Å²) in [6.45, 7) is 3.15. The van der Waals surface area contributed by atoms with Crippen LogP contribution < -0.4 is 15.1 Å². The fraction of sp³-hybridized carbons (Fsp3) is 0.400. The average molecular weight is 287 g/mol. The maximum atomic E-state index is 12.0. The van der Waals surface area contributed by atoms with Crippen molar-refractivity contribution in [3.8, 4) is 0 Å². The molecule has 110 valence electrons. The van der Waals surface area contributed by atoms with Crippen LogP contribution in [0.15, 0.2) is 24.3 Å². The number of carbonyl (C=O) groups is 3. The van der Waals surface area contributed by atoms with Gasteiger partial charge in [0.25, 0.3) is 0 Å². The van der Waals surface area contributed by atoms with E-state index in [1.54, 1.807) is 29.2 Å². The predicted octanol–water partition coefficient (Wildman–Crippen LogP) is 1.51. The highest BCUT2D eigenvalue weighted by atomic mass is 16.2. The molecule has 2 aliphatic heterocycles. The molecule has 1 aromatic carbocycles. The quantitative estimate of drug-likeness (QED) is 0.838. The van der Waals surface area contributed by atoms with Gasteiger partial charge in [0.1, 0.15) is 0 Å². The van der Waals surface area contributed by atoms with Crippen molar-refractivity contribution in [2.45, 2.75) is 19.8 Å². The number of anilines is 2. The highest BCUT2D eigenvalue weighted by Crippen LogP contribution is 2.27. The average Bonchev–Trinajstić information content (AvgIpc) is 2.85. The molecule has 6 nitrogen and oxygen atoms in total. The van der Waals surface area contributed by atoms with Crippen LogP contribution in [0.5, 0.6) is 0 Å². The largest absolute Gasteiger partial charge is 0.336 e. The number of nitrogens with one attached hydrogen (secondary N) is 1. The van der Waals surface area contributed by atoms with E-state index in [1.165, 1.54) is 4.90 Å². The summed E-state index contributed by atoms with van der Waals surface area (Å²) in [5.74, 6) is -0.218. The Kier molecular flexibility index (Phi) is 3.37. The Morgan fingerprint density at radius 3 is 2.10 bits per heavy atom. The Balaban J connectivity index is 1.82. The monoisotopic (exact) mass is 287 g/mol. The van der Waals surface area contributed by atoms with Crippen molar-refractivity contribution in [3.63, 3.8) is 0 Å². The lowest BCUT2D eigenvalue weighted by Crippen LogP contribution is -2.42. The third kappa shape index (κ3) is 2.49. The number of imide groups is 1. The van der Waals surface area contributed by atoms with Gasteiger partial charge in [-0.3, -0.25) is 19.4 Å². The summed E-state index contributed by atoms with van der Waals surface area (Å²) in [6, 6.07) is 6.83. The van der Waals surface area contributed by atoms with E-state index in [4.69, 9.17) is 0 Å². The molecule has 4 amide bonds. The van der Waals surface area contributed by atoms with Crippen molar-refractivity contribution in [1.82, 2.24) is 5.32 Å². The van der Waals surface area contributed by atoms with Crippen LogP contribution in [-0.4, -0.2) is 30.9 Å². The third-order valence-corrected chi connectivity index (χ3v) is 3.82. The number of piperidine rings is 1. The zero-order chi connectivity index (χ0) is 15.0. The highest BCUT2D eigenvalue weighted by molar-refractivity contribution is 6.16. The highest BCUT2D eigenvalue weighted by Gasteiger charge is 2.31. The minimum absolute atomic E-state index is 0.105. The first-order valence-electron chi connectivity index (χ1n) is 7.07. The molecule has 21 heavy (non-hydrogen) atoms. The van der Waals surface area contributed by atoms with Gasteiger partial charge in [0.2, 0.25) is 11.8 Å². The lowest BCUT2D eigenvalue weighted by molar-refractivity contribution is -0.130. The number of carbonyl (C=O) groups excluding carboxylic acids is 3. The van der Waals surface area contributed by atoms with Crippen molar-refractivity contribution in [2.75, 3.05) is 22.9 Å². The molecular weight excluding hydrogens is 270 g/mol. The van der Waals surface area contributed by atoms with Crippen LogP contribution in [0.25, 0.3) is 0 Å². The number of hydrogen-bond donors (Lipinski definition) is 1. The van der Waals surface area contributed by atoms with Gasteiger partial charge in [0.15, 0.2) is 0 Å². The van der Waals surface area contributed by atoms with E-state index >= 15 is 0 Å². The molecule has 0 spiro atoms. The summed E-state index contributed by atoms with van der Waals surface area (Å²) in [5.41, 5.74) is 1.33. The minimum atomic E-state index is -0.162. The summed E-state index contributed by atoms with van der Waals surface area (Å²) in [7, 11) is 0. The zero-order valence-electron chi connectivity index (χ0n) is 11.8. The fourth-order valence-electron chi connectivity index (χ4n) is 2.78. The molecule has 6 heteroatoms. The number of amides is 4.